The number of ether oxygens (including phenoxy) is 1. The Hall–Kier alpha value is -2.02. The van der Waals surface area contributed by atoms with Crippen LogP contribution in [0.1, 0.15) is 36.4 Å². The molecule has 0 aliphatic carbocycles. The molecule has 0 N–H and O–H groups in total. The summed E-state index contributed by atoms with van der Waals surface area (Å²) >= 11 is 0. The lowest BCUT2D eigenvalue weighted by molar-refractivity contribution is 0.0677. The molecule has 1 amide bonds. The lowest BCUT2D eigenvalue weighted by atomic mass is 10.1. The van der Waals surface area contributed by atoms with Crippen LogP contribution in [0.15, 0.2) is 22.6 Å². The molecule has 25 heavy (non-hydrogen) atoms. The Morgan fingerprint density at radius 1 is 1.36 bits per heavy atom. The van der Waals surface area contributed by atoms with Crippen LogP contribution >= 0.6 is 0 Å². The number of furan rings is 1. The van der Waals surface area contributed by atoms with Crippen molar-refractivity contribution >= 4 is 26.7 Å². The Bertz CT molecular complexity index is 900. The van der Waals surface area contributed by atoms with Crippen LogP contribution in [0.5, 0.6) is 5.75 Å². The fraction of sp³-hybridized carbons (Fsp3) is 0.500. The summed E-state index contributed by atoms with van der Waals surface area (Å²) in [5.74, 6) is 0.914. The zero-order chi connectivity index (χ0) is 18.2. The Morgan fingerprint density at radius 2 is 2.12 bits per heavy atom. The van der Waals surface area contributed by atoms with E-state index in [9.17, 15) is 13.2 Å². The Kier molecular flexibility index (Phi) is 4.77. The van der Waals surface area contributed by atoms with Gasteiger partial charge in [-0.25, -0.2) is 8.42 Å². The van der Waals surface area contributed by atoms with E-state index in [0.29, 0.717) is 25.2 Å². The van der Waals surface area contributed by atoms with Crippen LogP contribution < -0.4 is 4.74 Å². The van der Waals surface area contributed by atoms with Crippen molar-refractivity contribution in [3.8, 4) is 5.75 Å². The molecule has 1 fully saturated rings. The smallest absolute Gasteiger partial charge is 0.290 e. The fourth-order valence-corrected chi connectivity index (χ4v) is 5.11. The van der Waals surface area contributed by atoms with E-state index in [0.717, 1.165) is 16.7 Å². The van der Waals surface area contributed by atoms with Gasteiger partial charge < -0.3 is 14.1 Å². The van der Waals surface area contributed by atoms with Crippen molar-refractivity contribution in [1.29, 1.82) is 0 Å². The molecule has 0 unspecified atom stereocenters. The minimum absolute atomic E-state index is 0.0281. The van der Waals surface area contributed by atoms with Gasteiger partial charge in [0.1, 0.15) is 11.3 Å². The van der Waals surface area contributed by atoms with Crippen LogP contribution in [0.4, 0.5) is 0 Å². The van der Waals surface area contributed by atoms with Crippen LogP contribution in [0, 0.1) is 6.92 Å². The Labute approximate surface area is 147 Å². The van der Waals surface area contributed by atoms with Crippen molar-refractivity contribution in [2.24, 2.45) is 0 Å². The van der Waals surface area contributed by atoms with Gasteiger partial charge in [-0.1, -0.05) is 0 Å². The molecule has 2 aromatic rings. The SMILES string of the molecule is CCOc1ccc2oc(C(=O)N(CC)[C@@H]3CCS(=O)(=O)C3)c(C)c2c1. The third kappa shape index (κ3) is 3.38. The third-order valence-corrected chi connectivity index (χ3v) is 6.41. The highest BCUT2D eigenvalue weighted by atomic mass is 32.2. The maximum atomic E-state index is 13.0. The van der Waals surface area contributed by atoms with Crippen molar-refractivity contribution < 1.29 is 22.4 Å². The largest absolute Gasteiger partial charge is 0.494 e. The molecule has 2 heterocycles. The molecule has 1 aliphatic heterocycles. The van der Waals surface area contributed by atoms with Crippen LogP contribution in [-0.4, -0.2) is 49.9 Å². The average Bonchev–Trinajstić information content (AvgIpc) is 3.09. The first-order valence-electron chi connectivity index (χ1n) is 8.53. The lowest BCUT2D eigenvalue weighted by Crippen LogP contribution is -2.41. The normalized spacial score (nSPS) is 19.2. The molecule has 1 aromatic carbocycles. The van der Waals surface area contributed by atoms with Gasteiger partial charge in [0, 0.05) is 23.5 Å². The van der Waals surface area contributed by atoms with Crippen molar-refractivity contribution in [2.45, 2.75) is 33.2 Å². The van der Waals surface area contributed by atoms with Crippen LogP contribution in [-0.2, 0) is 9.84 Å². The van der Waals surface area contributed by atoms with E-state index in [1.165, 1.54) is 0 Å². The molecule has 136 valence electrons. The van der Waals surface area contributed by atoms with Gasteiger partial charge in [0.25, 0.3) is 5.91 Å². The van der Waals surface area contributed by atoms with Crippen molar-refractivity contribution in [2.75, 3.05) is 24.7 Å². The maximum absolute atomic E-state index is 13.0. The van der Waals surface area contributed by atoms with Gasteiger partial charge >= 0.3 is 0 Å². The van der Waals surface area contributed by atoms with Gasteiger partial charge in [-0.3, -0.25) is 4.79 Å². The molecular formula is C18H23NO5S. The summed E-state index contributed by atoms with van der Waals surface area (Å²) in [6.07, 6.45) is 0.482. The third-order valence-electron chi connectivity index (χ3n) is 4.66. The number of nitrogens with zero attached hydrogens (tertiary/aromatic N) is 1. The molecular weight excluding hydrogens is 342 g/mol. The van der Waals surface area contributed by atoms with Gasteiger partial charge in [0.2, 0.25) is 0 Å². The number of aryl methyl sites for hydroxylation is 1. The zero-order valence-corrected chi connectivity index (χ0v) is 15.6. The molecule has 0 saturated carbocycles. The highest BCUT2D eigenvalue weighted by Crippen LogP contribution is 2.30. The first-order chi connectivity index (χ1) is 11.9. The number of hydrogen-bond acceptors (Lipinski definition) is 5. The van der Waals surface area contributed by atoms with E-state index in [1.54, 1.807) is 11.0 Å². The molecule has 0 radical (unpaired) electrons. The Balaban J connectivity index is 1.94. The van der Waals surface area contributed by atoms with Crippen molar-refractivity contribution in [1.82, 2.24) is 4.90 Å². The maximum Gasteiger partial charge on any atom is 0.290 e. The number of benzene rings is 1. The van der Waals surface area contributed by atoms with E-state index in [-0.39, 0.29) is 29.2 Å². The summed E-state index contributed by atoms with van der Waals surface area (Å²) in [6, 6.07) is 5.18. The molecule has 1 aromatic heterocycles. The second-order valence-electron chi connectivity index (χ2n) is 6.30. The summed E-state index contributed by atoms with van der Waals surface area (Å²) in [4.78, 5) is 14.6. The standard InChI is InChI=1S/C18H23NO5S/c1-4-19(13-8-9-25(21,22)11-13)18(20)17-12(3)15-10-14(23-5-2)6-7-16(15)24-17/h6-7,10,13H,4-5,8-9,11H2,1-3H3/t13-/m1/s1. The number of amides is 1. The second-order valence-corrected chi connectivity index (χ2v) is 8.52. The van der Waals surface area contributed by atoms with Crippen LogP contribution in [0.25, 0.3) is 11.0 Å². The minimum atomic E-state index is -3.05. The summed E-state index contributed by atoms with van der Waals surface area (Å²) in [5, 5.41) is 0.837. The molecule has 0 spiro atoms. The topological polar surface area (TPSA) is 76.8 Å². The first kappa shape index (κ1) is 17.8. The van der Waals surface area contributed by atoms with Gasteiger partial charge in [-0.2, -0.15) is 0 Å². The van der Waals surface area contributed by atoms with E-state index in [2.05, 4.69) is 0 Å². The average molecular weight is 365 g/mol. The van der Waals surface area contributed by atoms with Crippen LogP contribution in [0.2, 0.25) is 0 Å². The van der Waals surface area contributed by atoms with Gasteiger partial charge in [0.15, 0.2) is 15.6 Å². The van der Waals surface area contributed by atoms with Gasteiger partial charge in [0.05, 0.1) is 18.1 Å². The number of fused-ring (bicyclic) bond motifs is 1. The number of rotatable bonds is 5. The van der Waals surface area contributed by atoms with Gasteiger partial charge in [-0.05, 0) is 45.4 Å². The molecule has 6 nitrogen and oxygen atoms in total. The summed E-state index contributed by atoms with van der Waals surface area (Å²) in [5.41, 5.74) is 1.38. The highest BCUT2D eigenvalue weighted by Gasteiger charge is 2.35. The molecule has 0 bridgehead atoms. The molecule has 1 atom stereocenters. The molecule has 1 saturated heterocycles. The number of carbonyl (C=O) groups is 1. The summed E-state index contributed by atoms with van der Waals surface area (Å²) in [6.45, 7) is 6.62. The predicted octanol–water partition coefficient (Wildman–Crippen LogP) is 2.79. The van der Waals surface area contributed by atoms with E-state index in [1.807, 2.05) is 32.9 Å². The number of sulfone groups is 1. The predicted molar refractivity (Wildman–Crippen MR) is 95.9 cm³/mol. The number of hydrogen-bond donors (Lipinski definition) is 0. The van der Waals surface area contributed by atoms with Gasteiger partial charge in [-0.15, -0.1) is 0 Å². The second kappa shape index (κ2) is 6.71. The fourth-order valence-electron chi connectivity index (χ4n) is 3.38. The molecule has 1 aliphatic rings. The van der Waals surface area contributed by atoms with E-state index >= 15 is 0 Å². The highest BCUT2D eigenvalue weighted by molar-refractivity contribution is 7.91. The first-order valence-corrected chi connectivity index (χ1v) is 10.4. The van der Waals surface area contributed by atoms with E-state index in [4.69, 9.17) is 9.15 Å². The molecule has 3 rings (SSSR count). The Morgan fingerprint density at radius 3 is 2.72 bits per heavy atom. The summed E-state index contributed by atoms with van der Waals surface area (Å²) < 4.78 is 34.8. The van der Waals surface area contributed by atoms with Crippen molar-refractivity contribution in [3.05, 3.63) is 29.5 Å². The lowest BCUT2D eigenvalue weighted by Gasteiger charge is -2.26. The van der Waals surface area contributed by atoms with Crippen molar-refractivity contribution in [3.63, 3.8) is 0 Å². The quantitative estimate of drug-likeness (QED) is 0.814. The minimum Gasteiger partial charge on any atom is -0.494 e. The van der Waals surface area contributed by atoms with E-state index < -0.39 is 9.84 Å². The van der Waals surface area contributed by atoms with Crippen LogP contribution in [0.3, 0.4) is 0 Å². The molecule has 7 heteroatoms. The summed E-state index contributed by atoms with van der Waals surface area (Å²) in [7, 11) is -3.05. The zero-order valence-electron chi connectivity index (χ0n) is 14.7. The number of carbonyl (C=O) groups excluding carboxylic acids is 1. The monoisotopic (exact) mass is 365 g/mol.